The molecule has 0 bridgehead atoms. The van der Waals surface area contributed by atoms with E-state index in [-0.39, 0.29) is 11.5 Å². The van der Waals surface area contributed by atoms with Crippen molar-refractivity contribution in [1.29, 1.82) is 0 Å². The zero-order valence-corrected chi connectivity index (χ0v) is 8.14. The molecule has 80 valence electrons. The SMILES string of the molecule is Nc1ccc([N+](=O)[O-])c(NCC2CC2)n1. The number of hydrogen-bond acceptors (Lipinski definition) is 5. The Labute approximate surface area is 86.6 Å². The number of nitrogens with two attached hydrogens (primary N) is 1. The van der Waals surface area contributed by atoms with Crippen molar-refractivity contribution in [3.63, 3.8) is 0 Å². The van der Waals surface area contributed by atoms with Crippen molar-refractivity contribution in [3.8, 4) is 0 Å². The fourth-order valence-electron chi connectivity index (χ4n) is 1.31. The van der Waals surface area contributed by atoms with Crippen molar-refractivity contribution in [2.45, 2.75) is 12.8 Å². The smallest absolute Gasteiger partial charge is 0.311 e. The van der Waals surface area contributed by atoms with E-state index in [0.29, 0.717) is 11.7 Å². The van der Waals surface area contributed by atoms with E-state index in [9.17, 15) is 10.1 Å². The predicted octanol–water partition coefficient (Wildman–Crippen LogP) is 1.39. The lowest BCUT2D eigenvalue weighted by molar-refractivity contribution is -0.384. The lowest BCUT2D eigenvalue weighted by atomic mass is 10.3. The van der Waals surface area contributed by atoms with Crippen LogP contribution >= 0.6 is 0 Å². The van der Waals surface area contributed by atoms with Gasteiger partial charge in [-0.05, 0) is 24.8 Å². The topological polar surface area (TPSA) is 94.1 Å². The van der Waals surface area contributed by atoms with Crippen LogP contribution in [0.25, 0.3) is 0 Å². The molecule has 1 heterocycles. The fraction of sp³-hybridized carbons (Fsp3) is 0.444. The second kappa shape index (κ2) is 3.72. The number of aromatic nitrogens is 1. The van der Waals surface area contributed by atoms with Crippen LogP contribution in [0.4, 0.5) is 17.3 Å². The van der Waals surface area contributed by atoms with Gasteiger partial charge in [0, 0.05) is 12.6 Å². The van der Waals surface area contributed by atoms with E-state index >= 15 is 0 Å². The molecule has 1 aliphatic carbocycles. The van der Waals surface area contributed by atoms with Crippen molar-refractivity contribution in [2.75, 3.05) is 17.6 Å². The summed E-state index contributed by atoms with van der Waals surface area (Å²) in [7, 11) is 0. The van der Waals surface area contributed by atoms with Crippen LogP contribution in [-0.2, 0) is 0 Å². The van der Waals surface area contributed by atoms with Crippen LogP contribution in [0.2, 0.25) is 0 Å². The summed E-state index contributed by atoms with van der Waals surface area (Å²) in [6.45, 7) is 0.733. The van der Waals surface area contributed by atoms with Crippen LogP contribution in [0.1, 0.15) is 12.8 Å². The molecule has 0 saturated heterocycles. The number of anilines is 2. The zero-order chi connectivity index (χ0) is 10.8. The van der Waals surface area contributed by atoms with E-state index in [2.05, 4.69) is 10.3 Å². The van der Waals surface area contributed by atoms with Crippen molar-refractivity contribution >= 4 is 17.3 Å². The average molecular weight is 208 g/mol. The Hall–Kier alpha value is -1.85. The van der Waals surface area contributed by atoms with Gasteiger partial charge in [-0.3, -0.25) is 10.1 Å². The first-order valence-corrected chi connectivity index (χ1v) is 4.81. The van der Waals surface area contributed by atoms with E-state index in [1.807, 2.05) is 0 Å². The highest BCUT2D eigenvalue weighted by molar-refractivity contribution is 5.59. The van der Waals surface area contributed by atoms with Crippen LogP contribution in [0, 0.1) is 16.0 Å². The molecule has 1 aromatic rings. The van der Waals surface area contributed by atoms with Crippen LogP contribution < -0.4 is 11.1 Å². The molecule has 15 heavy (non-hydrogen) atoms. The summed E-state index contributed by atoms with van der Waals surface area (Å²) < 4.78 is 0. The Bertz CT molecular complexity index is 390. The summed E-state index contributed by atoms with van der Waals surface area (Å²) in [6.07, 6.45) is 2.37. The van der Waals surface area contributed by atoms with Crippen molar-refractivity contribution in [1.82, 2.24) is 4.98 Å². The van der Waals surface area contributed by atoms with Crippen LogP contribution in [0.5, 0.6) is 0 Å². The first-order chi connectivity index (χ1) is 7.16. The third kappa shape index (κ3) is 2.34. The largest absolute Gasteiger partial charge is 0.384 e. The molecule has 6 heteroatoms. The molecule has 6 nitrogen and oxygen atoms in total. The van der Waals surface area contributed by atoms with Crippen LogP contribution in [0.15, 0.2) is 12.1 Å². The highest BCUT2D eigenvalue weighted by Crippen LogP contribution is 2.30. The van der Waals surface area contributed by atoms with Gasteiger partial charge in [-0.15, -0.1) is 0 Å². The van der Waals surface area contributed by atoms with Gasteiger partial charge in [0.1, 0.15) is 5.82 Å². The number of pyridine rings is 1. The van der Waals surface area contributed by atoms with E-state index in [4.69, 9.17) is 5.73 Å². The normalized spacial score (nSPS) is 14.9. The highest BCUT2D eigenvalue weighted by Gasteiger charge is 2.23. The second-order valence-corrected chi connectivity index (χ2v) is 3.69. The molecule has 1 aromatic heterocycles. The third-order valence-corrected chi connectivity index (χ3v) is 2.35. The van der Waals surface area contributed by atoms with Gasteiger partial charge in [0.15, 0.2) is 0 Å². The lowest BCUT2D eigenvalue weighted by Gasteiger charge is -2.05. The van der Waals surface area contributed by atoms with Gasteiger partial charge < -0.3 is 11.1 Å². The molecule has 1 aliphatic rings. The molecule has 0 aliphatic heterocycles. The maximum Gasteiger partial charge on any atom is 0.311 e. The van der Waals surface area contributed by atoms with Crippen LogP contribution in [0.3, 0.4) is 0 Å². The summed E-state index contributed by atoms with van der Waals surface area (Å²) in [4.78, 5) is 14.1. The van der Waals surface area contributed by atoms with Crippen molar-refractivity contribution in [2.24, 2.45) is 5.92 Å². The molecule has 0 aromatic carbocycles. The summed E-state index contributed by atoms with van der Waals surface area (Å²) in [5, 5.41) is 13.6. The van der Waals surface area contributed by atoms with Gasteiger partial charge >= 0.3 is 5.69 Å². The summed E-state index contributed by atoms with van der Waals surface area (Å²) in [6, 6.07) is 2.80. The predicted molar refractivity (Wildman–Crippen MR) is 56.5 cm³/mol. The number of nitrogen functional groups attached to an aromatic ring is 1. The van der Waals surface area contributed by atoms with Gasteiger partial charge in [0.2, 0.25) is 5.82 Å². The standard InChI is InChI=1S/C9H12N4O2/c10-8-4-3-7(13(14)15)9(12-8)11-5-6-1-2-6/h3-4,6H,1-2,5H2,(H3,10,11,12). The average Bonchev–Trinajstić information content (AvgIpc) is 2.97. The summed E-state index contributed by atoms with van der Waals surface area (Å²) in [5.74, 6) is 1.19. The molecular weight excluding hydrogens is 196 g/mol. The minimum absolute atomic E-state index is 0.0233. The van der Waals surface area contributed by atoms with Gasteiger partial charge in [-0.2, -0.15) is 0 Å². The lowest BCUT2D eigenvalue weighted by Crippen LogP contribution is -2.08. The molecule has 0 unspecified atom stereocenters. The van der Waals surface area contributed by atoms with Crippen LogP contribution in [-0.4, -0.2) is 16.5 Å². The highest BCUT2D eigenvalue weighted by atomic mass is 16.6. The van der Waals surface area contributed by atoms with Crippen molar-refractivity contribution < 1.29 is 4.92 Å². The Morgan fingerprint density at radius 2 is 2.33 bits per heavy atom. The molecule has 0 atom stereocenters. The minimum Gasteiger partial charge on any atom is -0.384 e. The van der Waals surface area contributed by atoms with E-state index in [0.717, 1.165) is 6.54 Å². The maximum atomic E-state index is 10.7. The van der Waals surface area contributed by atoms with E-state index in [1.54, 1.807) is 0 Å². The zero-order valence-electron chi connectivity index (χ0n) is 8.14. The summed E-state index contributed by atoms with van der Waals surface area (Å²) >= 11 is 0. The molecule has 1 fully saturated rings. The Morgan fingerprint density at radius 1 is 1.60 bits per heavy atom. The third-order valence-electron chi connectivity index (χ3n) is 2.35. The number of rotatable bonds is 4. The maximum absolute atomic E-state index is 10.7. The Kier molecular flexibility index (Phi) is 2.40. The van der Waals surface area contributed by atoms with Gasteiger partial charge in [-0.25, -0.2) is 4.98 Å². The fourth-order valence-corrected chi connectivity index (χ4v) is 1.31. The molecule has 0 amide bonds. The Balaban J connectivity index is 2.16. The first-order valence-electron chi connectivity index (χ1n) is 4.81. The second-order valence-electron chi connectivity index (χ2n) is 3.69. The van der Waals surface area contributed by atoms with E-state index in [1.165, 1.54) is 25.0 Å². The first kappa shape index (κ1) is 9.70. The number of nitrogens with one attached hydrogen (secondary N) is 1. The molecule has 2 rings (SSSR count). The Morgan fingerprint density at radius 3 is 2.93 bits per heavy atom. The monoisotopic (exact) mass is 208 g/mol. The summed E-state index contributed by atoms with van der Waals surface area (Å²) in [5.41, 5.74) is 5.45. The number of nitrogens with zero attached hydrogens (tertiary/aromatic N) is 2. The molecule has 3 N–H and O–H groups in total. The van der Waals surface area contributed by atoms with Gasteiger partial charge in [0.05, 0.1) is 4.92 Å². The quantitative estimate of drug-likeness (QED) is 0.576. The molecule has 0 spiro atoms. The number of hydrogen-bond donors (Lipinski definition) is 2. The number of nitro groups is 1. The van der Waals surface area contributed by atoms with Gasteiger partial charge in [-0.1, -0.05) is 0 Å². The minimum atomic E-state index is -0.457. The van der Waals surface area contributed by atoms with Crippen molar-refractivity contribution in [3.05, 3.63) is 22.2 Å². The molecular formula is C9H12N4O2. The molecule has 1 saturated carbocycles. The molecule has 0 radical (unpaired) electrons. The van der Waals surface area contributed by atoms with Gasteiger partial charge in [0.25, 0.3) is 0 Å². The van der Waals surface area contributed by atoms with E-state index < -0.39 is 4.92 Å².